The molecule has 0 fully saturated rings. The second-order valence-corrected chi connectivity index (χ2v) is 8.59. The fourth-order valence-electron chi connectivity index (χ4n) is 2.53. The average molecular weight is 435 g/mol. The van der Waals surface area contributed by atoms with Gasteiger partial charge in [-0.2, -0.15) is 0 Å². The average Bonchev–Trinajstić information content (AvgIpc) is 2.67. The smallest absolute Gasteiger partial charge is 0.264 e. The number of nitrogens with one attached hydrogen (secondary N) is 1. The molecule has 0 aliphatic rings. The van der Waals surface area contributed by atoms with Crippen LogP contribution in [0.1, 0.15) is 0 Å². The van der Waals surface area contributed by atoms with E-state index in [2.05, 4.69) is 5.32 Å². The number of sulfonamides is 1. The summed E-state index contributed by atoms with van der Waals surface area (Å²) in [5.74, 6) is -0.483. The van der Waals surface area contributed by atoms with Gasteiger partial charge in [0.15, 0.2) is 0 Å². The maximum absolute atomic E-state index is 13.2. The molecule has 3 aromatic carbocycles. The molecule has 5 nitrogen and oxygen atoms in total. The second kappa shape index (κ2) is 8.65. The van der Waals surface area contributed by atoms with Crippen LogP contribution in [0.25, 0.3) is 0 Å². The van der Waals surface area contributed by atoms with Crippen molar-refractivity contribution in [3.05, 3.63) is 88.9 Å². The summed E-state index contributed by atoms with van der Waals surface area (Å²) in [6, 6.07) is 20.9. The summed E-state index contributed by atoms with van der Waals surface area (Å²) in [5.41, 5.74) is 0.855. The molecule has 1 amide bonds. The van der Waals surface area contributed by atoms with Gasteiger partial charge >= 0.3 is 0 Å². The zero-order chi connectivity index (χ0) is 20.1. The summed E-state index contributed by atoms with van der Waals surface area (Å²) in [6.45, 7) is -0.416. The third kappa shape index (κ3) is 4.84. The van der Waals surface area contributed by atoms with Crippen molar-refractivity contribution in [2.24, 2.45) is 0 Å². The predicted molar refractivity (Wildman–Crippen MR) is 113 cm³/mol. The largest absolute Gasteiger partial charge is 0.325 e. The molecule has 0 atom stereocenters. The van der Waals surface area contributed by atoms with Crippen molar-refractivity contribution in [2.75, 3.05) is 16.2 Å². The SMILES string of the molecule is O=C(CN(c1cccc(Cl)c1)S(=O)(=O)c1ccc(Cl)cc1)Nc1ccccc1. The Bertz CT molecular complexity index is 1070. The molecule has 0 heterocycles. The van der Waals surface area contributed by atoms with Crippen molar-refractivity contribution in [3.63, 3.8) is 0 Å². The molecule has 3 aromatic rings. The normalized spacial score (nSPS) is 11.1. The van der Waals surface area contributed by atoms with Crippen LogP contribution in [0.4, 0.5) is 11.4 Å². The minimum absolute atomic E-state index is 0.0180. The number of carbonyl (C=O) groups excluding carboxylic acids is 1. The summed E-state index contributed by atoms with van der Waals surface area (Å²) in [5, 5.41) is 3.46. The van der Waals surface area contributed by atoms with E-state index >= 15 is 0 Å². The minimum Gasteiger partial charge on any atom is -0.325 e. The Labute approximate surface area is 173 Å². The van der Waals surface area contributed by atoms with Crippen molar-refractivity contribution in [1.29, 1.82) is 0 Å². The van der Waals surface area contributed by atoms with E-state index in [1.54, 1.807) is 42.5 Å². The minimum atomic E-state index is -4.02. The molecule has 1 N–H and O–H groups in total. The molecule has 28 heavy (non-hydrogen) atoms. The second-order valence-electron chi connectivity index (χ2n) is 5.86. The molecule has 0 saturated carbocycles. The van der Waals surface area contributed by atoms with Crippen LogP contribution in [-0.4, -0.2) is 20.9 Å². The lowest BCUT2D eigenvalue weighted by Crippen LogP contribution is -2.38. The van der Waals surface area contributed by atoms with Crippen LogP contribution in [0.15, 0.2) is 83.8 Å². The van der Waals surface area contributed by atoms with Gasteiger partial charge in [-0.05, 0) is 54.6 Å². The number of carbonyl (C=O) groups is 1. The Hall–Kier alpha value is -2.54. The number of anilines is 2. The number of halogens is 2. The summed E-state index contributed by atoms with van der Waals surface area (Å²) in [7, 11) is -4.02. The number of amides is 1. The van der Waals surface area contributed by atoms with E-state index in [1.165, 1.54) is 30.3 Å². The van der Waals surface area contributed by atoms with Gasteiger partial charge in [0.25, 0.3) is 10.0 Å². The lowest BCUT2D eigenvalue weighted by Gasteiger charge is -2.24. The van der Waals surface area contributed by atoms with Gasteiger partial charge in [0, 0.05) is 15.7 Å². The monoisotopic (exact) mass is 434 g/mol. The molecule has 0 spiro atoms. The molecule has 144 valence electrons. The molecule has 0 radical (unpaired) electrons. The number of benzene rings is 3. The first-order valence-corrected chi connectivity index (χ1v) is 10.4. The summed E-state index contributed by atoms with van der Waals surface area (Å²) in [4.78, 5) is 12.6. The van der Waals surface area contributed by atoms with Gasteiger partial charge in [-0.15, -0.1) is 0 Å². The first-order valence-electron chi connectivity index (χ1n) is 8.25. The van der Waals surface area contributed by atoms with Crippen LogP contribution in [0, 0.1) is 0 Å². The Morgan fingerprint density at radius 3 is 2.18 bits per heavy atom. The lowest BCUT2D eigenvalue weighted by atomic mass is 10.3. The van der Waals surface area contributed by atoms with Crippen LogP contribution < -0.4 is 9.62 Å². The van der Waals surface area contributed by atoms with Gasteiger partial charge in [-0.1, -0.05) is 47.5 Å². The molecule has 0 bridgehead atoms. The van der Waals surface area contributed by atoms with Crippen molar-refractivity contribution in [1.82, 2.24) is 0 Å². The highest BCUT2D eigenvalue weighted by Gasteiger charge is 2.27. The molecular formula is C20H16Cl2N2O3S. The first kappa shape index (κ1) is 20.2. The van der Waals surface area contributed by atoms with Crippen molar-refractivity contribution < 1.29 is 13.2 Å². The van der Waals surface area contributed by atoms with Crippen LogP contribution in [0.2, 0.25) is 10.0 Å². The van der Waals surface area contributed by atoms with Crippen molar-refractivity contribution in [2.45, 2.75) is 4.90 Å². The Balaban J connectivity index is 1.95. The first-order chi connectivity index (χ1) is 13.4. The molecular weight excluding hydrogens is 419 g/mol. The molecule has 0 saturated heterocycles. The molecule has 8 heteroatoms. The number of nitrogens with zero attached hydrogens (tertiary/aromatic N) is 1. The summed E-state index contributed by atoms with van der Waals surface area (Å²) in [6.07, 6.45) is 0. The maximum Gasteiger partial charge on any atom is 0.264 e. The fourth-order valence-corrected chi connectivity index (χ4v) is 4.26. The van der Waals surface area contributed by atoms with Crippen LogP contribution in [0.5, 0.6) is 0 Å². The third-order valence-corrected chi connectivity index (χ3v) is 6.12. The highest BCUT2D eigenvalue weighted by atomic mass is 35.5. The van der Waals surface area contributed by atoms with Crippen LogP contribution in [-0.2, 0) is 14.8 Å². The number of rotatable bonds is 6. The van der Waals surface area contributed by atoms with E-state index < -0.39 is 22.5 Å². The van der Waals surface area contributed by atoms with Gasteiger partial charge in [-0.25, -0.2) is 8.42 Å². The fraction of sp³-hybridized carbons (Fsp3) is 0.0500. The zero-order valence-electron chi connectivity index (χ0n) is 14.5. The summed E-state index contributed by atoms with van der Waals surface area (Å²) >= 11 is 11.9. The van der Waals surface area contributed by atoms with E-state index in [-0.39, 0.29) is 10.6 Å². The Morgan fingerprint density at radius 1 is 0.857 bits per heavy atom. The van der Waals surface area contributed by atoms with E-state index in [1.807, 2.05) is 6.07 Å². The standard InChI is InChI=1S/C20H16Cl2N2O3S/c21-15-9-11-19(12-10-15)28(26,27)24(18-8-4-5-16(22)13-18)14-20(25)23-17-6-2-1-3-7-17/h1-13H,14H2,(H,23,25). The van der Waals surface area contributed by atoms with Gasteiger partial charge in [0.2, 0.25) is 5.91 Å². The third-order valence-electron chi connectivity index (χ3n) is 3.84. The summed E-state index contributed by atoms with van der Waals surface area (Å²) < 4.78 is 27.4. The predicted octanol–water partition coefficient (Wildman–Crippen LogP) is 4.83. The van der Waals surface area contributed by atoms with Crippen LogP contribution in [0.3, 0.4) is 0 Å². The highest BCUT2D eigenvalue weighted by Crippen LogP contribution is 2.27. The maximum atomic E-state index is 13.2. The number of hydrogen-bond acceptors (Lipinski definition) is 3. The molecule has 0 unspecified atom stereocenters. The molecule has 0 aliphatic heterocycles. The van der Waals surface area contributed by atoms with Gasteiger partial charge in [0.05, 0.1) is 10.6 Å². The van der Waals surface area contributed by atoms with Crippen LogP contribution >= 0.6 is 23.2 Å². The van der Waals surface area contributed by atoms with Gasteiger partial charge in [-0.3, -0.25) is 9.10 Å². The van der Waals surface area contributed by atoms with E-state index in [0.29, 0.717) is 15.7 Å². The van der Waals surface area contributed by atoms with Gasteiger partial charge in [0.1, 0.15) is 6.54 Å². The van der Waals surface area contributed by atoms with Gasteiger partial charge < -0.3 is 5.32 Å². The van der Waals surface area contributed by atoms with E-state index in [9.17, 15) is 13.2 Å². The zero-order valence-corrected chi connectivity index (χ0v) is 16.9. The van der Waals surface area contributed by atoms with E-state index in [4.69, 9.17) is 23.2 Å². The Morgan fingerprint density at radius 2 is 1.54 bits per heavy atom. The van der Waals surface area contributed by atoms with Crippen molar-refractivity contribution >= 4 is 50.5 Å². The van der Waals surface area contributed by atoms with Crippen molar-refractivity contribution in [3.8, 4) is 0 Å². The van der Waals surface area contributed by atoms with E-state index in [0.717, 1.165) is 4.31 Å². The molecule has 3 rings (SSSR count). The lowest BCUT2D eigenvalue weighted by molar-refractivity contribution is -0.114. The number of para-hydroxylation sites is 1. The molecule has 0 aliphatic carbocycles. The highest BCUT2D eigenvalue weighted by molar-refractivity contribution is 7.92. The molecule has 0 aromatic heterocycles. The Kier molecular flexibility index (Phi) is 6.24. The number of hydrogen-bond donors (Lipinski definition) is 1. The quantitative estimate of drug-likeness (QED) is 0.603. The topological polar surface area (TPSA) is 66.5 Å².